The highest BCUT2D eigenvalue weighted by molar-refractivity contribution is 7.99. The van der Waals surface area contributed by atoms with Crippen molar-refractivity contribution >= 4 is 22.8 Å². The van der Waals surface area contributed by atoms with E-state index < -0.39 is 0 Å². The van der Waals surface area contributed by atoms with Crippen molar-refractivity contribution in [2.24, 2.45) is 0 Å². The smallest absolute Gasteiger partial charge is 0.145 e. The Bertz CT molecular complexity index is 742. The number of aryl methyl sites for hydroxylation is 2. The standard InChI is InChI=1S/C15H17N5S/c1-10-15-19-18-14(20(15)8-9-21-10)7-6-13-16-11-4-2-3-5-12(11)17-13/h2-5,10H,6-9H2,1H3,(H,16,17). The van der Waals surface area contributed by atoms with Gasteiger partial charge in [-0.2, -0.15) is 0 Å². The van der Waals surface area contributed by atoms with Gasteiger partial charge in [-0.15, -0.1) is 22.0 Å². The van der Waals surface area contributed by atoms with Gasteiger partial charge in [-0.05, 0) is 19.1 Å². The third-order valence-electron chi connectivity index (χ3n) is 3.93. The maximum absolute atomic E-state index is 4.62. The third kappa shape index (κ3) is 2.33. The van der Waals surface area contributed by atoms with E-state index >= 15 is 0 Å². The lowest BCUT2D eigenvalue weighted by Gasteiger charge is -2.19. The first kappa shape index (κ1) is 12.9. The fraction of sp³-hybridized carbons (Fsp3) is 0.400. The van der Waals surface area contributed by atoms with Crippen LogP contribution in [0, 0.1) is 0 Å². The number of imidazole rings is 1. The van der Waals surface area contributed by atoms with Crippen molar-refractivity contribution in [1.29, 1.82) is 0 Å². The summed E-state index contributed by atoms with van der Waals surface area (Å²) >= 11 is 1.95. The van der Waals surface area contributed by atoms with Gasteiger partial charge in [0.15, 0.2) is 0 Å². The summed E-state index contributed by atoms with van der Waals surface area (Å²) in [5, 5.41) is 9.18. The molecule has 5 nitrogen and oxygen atoms in total. The average Bonchev–Trinajstić information content (AvgIpc) is 3.09. The summed E-state index contributed by atoms with van der Waals surface area (Å²) in [5.41, 5.74) is 2.13. The molecule has 1 aliphatic heterocycles. The SMILES string of the molecule is CC1SCCn2c(CCc3nc4ccccc4[nH]3)nnc21. The minimum Gasteiger partial charge on any atom is -0.342 e. The Morgan fingerprint density at radius 1 is 1.29 bits per heavy atom. The van der Waals surface area contributed by atoms with E-state index in [0.29, 0.717) is 5.25 Å². The number of thioether (sulfide) groups is 1. The number of fused-ring (bicyclic) bond motifs is 2. The third-order valence-corrected chi connectivity index (χ3v) is 5.06. The molecule has 0 bridgehead atoms. The molecular weight excluding hydrogens is 282 g/mol. The summed E-state index contributed by atoms with van der Waals surface area (Å²) in [6.07, 6.45) is 1.75. The Labute approximate surface area is 127 Å². The summed E-state index contributed by atoms with van der Waals surface area (Å²) in [6.45, 7) is 3.22. The number of nitrogens with zero attached hydrogens (tertiary/aromatic N) is 4. The molecule has 0 fully saturated rings. The quantitative estimate of drug-likeness (QED) is 0.808. The zero-order valence-corrected chi connectivity index (χ0v) is 12.7. The summed E-state index contributed by atoms with van der Waals surface area (Å²) in [6, 6.07) is 8.13. The van der Waals surface area contributed by atoms with Crippen LogP contribution in [0.25, 0.3) is 11.0 Å². The Kier molecular flexibility index (Phi) is 3.18. The largest absolute Gasteiger partial charge is 0.342 e. The molecule has 3 aromatic rings. The monoisotopic (exact) mass is 299 g/mol. The van der Waals surface area contributed by atoms with Crippen LogP contribution in [-0.2, 0) is 19.4 Å². The first-order chi connectivity index (χ1) is 10.3. The Hall–Kier alpha value is -1.82. The second-order valence-electron chi connectivity index (χ2n) is 5.34. The predicted molar refractivity (Wildman–Crippen MR) is 84.4 cm³/mol. The number of aromatic nitrogens is 5. The maximum Gasteiger partial charge on any atom is 0.145 e. The Morgan fingerprint density at radius 2 is 2.19 bits per heavy atom. The number of para-hydroxylation sites is 2. The minimum absolute atomic E-state index is 0.450. The fourth-order valence-electron chi connectivity index (χ4n) is 2.83. The lowest BCUT2D eigenvalue weighted by Crippen LogP contribution is -2.16. The van der Waals surface area contributed by atoms with Gasteiger partial charge in [-0.25, -0.2) is 4.98 Å². The van der Waals surface area contributed by atoms with Crippen LogP contribution >= 0.6 is 11.8 Å². The molecule has 2 aromatic heterocycles. The molecule has 1 N–H and O–H groups in total. The lowest BCUT2D eigenvalue weighted by molar-refractivity contribution is 0.642. The van der Waals surface area contributed by atoms with E-state index in [4.69, 9.17) is 0 Å². The van der Waals surface area contributed by atoms with Crippen LogP contribution in [0.2, 0.25) is 0 Å². The summed E-state index contributed by atoms with van der Waals surface area (Å²) in [7, 11) is 0. The number of aromatic amines is 1. The molecule has 1 aliphatic rings. The second-order valence-corrected chi connectivity index (χ2v) is 6.79. The van der Waals surface area contributed by atoms with Crippen LogP contribution in [0.1, 0.15) is 29.6 Å². The van der Waals surface area contributed by atoms with Gasteiger partial charge in [-0.1, -0.05) is 12.1 Å². The van der Waals surface area contributed by atoms with E-state index in [0.717, 1.165) is 53.6 Å². The van der Waals surface area contributed by atoms with Crippen molar-refractivity contribution in [1.82, 2.24) is 24.7 Å². The zero-order chi connectivity index (χ0) is 14.2. The molecule has 1 unspecified atom stereocenters. The predicted octanol–water partition coefficient (Wildman–Crippen LogP) is 2.75. The first-order valence-corrected chi connectivity index (χ1v) is 8.33. The van der Waals surface area contributed by atoms with Gasteiger partial charge in [0.25, 0.3) is 0 Å². The lowest BCUT2D eigenvalue weighted by atomic mass is 10.3. The molecule has 0 aliphatic carbocycles. The zero-order valence-electron chi connectivity index (χ0n) is 11.9. The normalized spacial score (nSPS) is 18.0. The van der Waals surface area contributed by atoms with E-state index in [2.05, 4.69) is 37.7 Å². The van der Waals surface area contributed by atoms with Crippen molar-refractivity contribution < 1.29 is 0 Å². The van der Waals surface area contributed by atoms with Crippen molar-refractivity contribution in [3.63, 3.8) is 0 Å². The van der Waals surface area contributed by atoms with Crippen LogP contribution in [-0.4, -0.2) is 30.5 Å². The van der Waals surface area contributed by atoms with Gasteiger partial charge in [0.05, 0.1) is 16.3 Å². The molecule has 1 atom stereocenters. The second kappa shape index (κ2) is 5.18. The number of benzene rings is 1. The van der Waals surface area contributed by atoms with Crippen LogP contribution in [0.4, 0.5) is 0 Å². The molecule has 0 saturated heterocycles. The maximum atomic E-state index is 4.62. The minimum atomic E-state index is 0.450. The van der Waals surface area contributed by atoms with Crippen LogP contribution in [0.5, 0.6) is 0 Å². The van der Waals surface area contributed by atoms with Crippen molar-refractivity contribution in [3.05, 3.63) is 41.7 Å². The highest BCUT2D eigenvalue weighted by Crippen LogP contribution is 2.31. The molecule has 21 heavy (non-hydrogen) atoms. The first-order valence-electron chi connectivity index (χ1n) is 7.28. The molecule has 1 aromatic carbocycles. The van der Waals surface area contributed by atoms with Gasteiger partial charge in [0.1, 0.15) is 17.5 Å². The highest BCUT2D eigenvalue weighted by atomic mass is 32.2. The summed E-state index contributed by atoms with van der Waals surface area (Å²) in [5.74, 6) is 4.36. The Morgan fingerprint density at radius 3 is 3.10 bits per heavy atom. The van der Waals surface area contributed by atoms with Gasteiger partial charge in [0.2, 0.25) is 0 Å². The van der Waals surface area contributed by atoms with Crippen LogP contribution in [0.15, 0.2) is 24.3 Å². The summed E-state index contributed by atoms with van der Waals surface area (Å²) < 4.78 is 2.28. The van der Waals surface area contributed by atoms with E-state index in [1.54, 1.807) is 0 Å². The summed E-state index contributed by atoms with van der Waals surface area (Å²) in [4.78, 5) is 8.00. The molecular formula is C15H17N5S. The number of H-pyrrole nitrogens is 1. The molecule has 0 saturated carbocycles. The van der Waals surface area contributed by atoms with Crippen LogP contribution < -0.4 is 0 Å². The molecule has 0 amide bonds. The average molecular weight is 299 g/mol. The van der Waals surface area contributed by atoms with E-state index in [1.807, 2.05) is 30.0 Å². The number of nitrogens with one attached hydrogen (secondary N) is 1. The van der Waals surface area contributed by atoms with E-state index in [9.17, 15) is 0 Å². The molecule has 4 rings (SSSR count). The molecule has 0 radical (unpaired) electrons. The van der Waals surface area contributed by atoms with E-state index in [1.165, 1.54) is 0 Å². The van der Waals surface area contributed by atoms with Gasteiger partial charge < -0.3 is 9.55 Å². The molecule has 6 heteroatoms. The van der Waals surface area contributed by atoms with Crippen LogP contribution in [0.3, 0.4) is 0 Å². The van der Waals surface area contributed by atoms with Gasteiger partial charge in [0, 0.05) is 25.1 Å². The topological polar surface area (TPSA) is 59.4 Å². The van der Waals surface area contributed by atoms with Gasteiger partial charge in [-0.3, -0.25) is 0 Å². The highest BCUT2D eigenvalue weighted by Gasteiger charge is 2.22. The van der Waals surface area contributed by atoms with Crippen molar-refractivity contribution in [2.45, 2.75) is 31.6 Å². The Balaban J connectivity index is 1.54. The molecule has 3 heterocycles. The van der Waals surface area contributed by atoms with Gasteiger partial charge >= 0.3 is 0 Å². The number of hydrogen-bond acceptors (Lipinski definition) is 4. The van der Waals surface area contributed by atoms with E-state index in [-0.39, 0.29) is 0 Å². The van der Waals surface area contributed by atoms with Crippen molar-refractivity contribution in [2.75, 3.05) is 5.75 Å². The molecule has 108 valence electrons. The molecule has 0 spiro atoms. The van der Waals surface area contributed by atoms with Crippen molar-refractivity contribution in [3.8, 4) is 0 Å². The fourth-order valence-corrected chi connectivity index (χ4v) is 3.79. The number of rotatable bonds is 3. The number of hydrogen-bond donors (Lipinski definition) is 1.